The Morgan fingerprint density at radius 1 is 1.33 bits per heavy atom. The molecule has 3 nitrogen and oxygen atoms in total. The standard InChI is InChI=1S/C11H13BrO3/c1-14-11(13)8-9-2-4-10(5-3-9)15-7-6-12/h2-5H,6-8H2,1H3. The number of carbonyl (C=O) groups excluding carboxylic acids is 1. The summed E-state index contributed by atoms with van der Waals surface area (Å²) < 4.78 is 9.95. The fourth-order valence-corrected chi connectivity index (χ4v) is 1.26. The number of hydrogen-bond acceptors (Lipinski definition) is 3. The fourth-order valence-electron chi connectivity index (χ4n) is 1.10. The van der Waals surface area contributed by atoms with Crippen LogP contribution in [0.1, 0.15) is 5.56 Å². The zero-order chi connectivity index (χ0) is 11.1. The second-order valence-corrected chi connectivity index (χ2v) is 3.73. The highest BCUT2D eigenvalue weighted by molar-refractivity contribution is 9.09. The molecule has 0 aliphatic heterocycles. The second-order valence-electron chi connectivity index (χ2n) is 2.93. The summed E-state index contributed by atoms with van der Waals surface area (Å²) in [4.78, 5) is 11.0. The number of methoxy groups -OCH3 is 1. The van der Waals surface area contributed by atoms with Gasteiger partial charge in [-0.2, -0.15) is 0 Å². The predicted molar refractivity (Wildman–Crippen MR) is 61.5 cm³/mol. The van der Waals surface area contributed by atoms with Crippen LogP contribution >= 0.6 is 15.9 Å². The molecule has 1 aromatic rings. The minimum Gasteiger partial charge on any atom is -0.493 e. The Kier molecular flexibility index (Phi) is 5.18. The van der Waals surface area contributed by atoms with Crippen LogP contribution in [0.5, 0.6) is 5.75 Å². The zero-order valence-electron chi connectivity index (χ0n) is 8.53. The van der Waals surface area contributed by atoms with Gasteiger partial charge < -0.3 is 9.47 Å². The van der Waals surface area contributed by atoms with Crippen molar-refractivity contribution in [2.24, 2.45) is 0 Å². The van der Waals surface area contributed by atoms with Crippen LogP contribution in [0.25, 0.3) is 0 Å². The number of esters is 1. The van der Waals surface area contributed by atoms with E-state index < -0.39 is 0 Å². The first-order valence-electron chi connectivity index (χ1n) is 4.61. The van der Waals surface area contributed by atoms with Crippen molar-refractivity contribution in [3.05, 3.63) is 29.8 Å². The zero-order valence-corrected chi connectivity index (χ0v) is 10.1. The average molecular weight is 273 g/mol. The van der Waals surface area contributed by atoms with Crippen LogP contribution in [0, 0.1) is 0 Å². The lowest BCUT2D eigenvalue weighted by molar-refractivity contribution is -0.139. The maximum absolute atomic E-state index is 11.0. The number of benzene rings is 1. The third-order valence-electron chi connectivity index (χ3n) is 1.85. The Morgan fingerprint density at radius 2 is 2.00 bits per heavy atom. The minimum atomic E-state index is -0.232. The molecule has 82 valence electrons. The van der Waals surface area contributed by atoms with Crippen LogP contribution in [0.2, 0.25) is 0 Å². The molecule has 0 aromatic heterocycles. The van der Waals surface area contributed by atoms with Gasteiger partial charge in [0.05, 0.1) is 20.1 Å². The Labute approximate surface area is 97.5 Å². The Balaban J connectivity index is 2.52. The smallest absolute Gasteiger partial charge is 0.309 e. The van der Waals surface area contributed by atoms with Crippen molar-refractivity contribution in [2.75, 3.05) is 19.0 Å². The van der Waals surface area contributed by atoms with E-state index in [4.69, 9.17) is 4.74 Å². The molecule has 0 saturated heterocycles. The van der Waals surface area contributed by atoms with Gasteiger partial charge in [-0.05, 0) is 17.7 Å². The Bertz CT molecular complexity index is 308. The van der Waals surface area contributed by atoms with Crippen molar-refractivity contribution < 1.29 is 14.3 Å². The lowest BCUT2D eigenvalue weighted by Gasteiger charge is -2.04. The molecule has 4 heteroatoms. The molecule has 1 rings (SSSR count). The number of ether oxygens (including phenoxy) is 2. The highest BCUT2D eigenvalue weighted by Crippen LogP contribution is 2.12. The molecule has 0 aliphatic carbocycles. The normalized spacial score (nSPS) is 9.73. The molecule has 0 radical (unpaired) electrons. The molecule has 1 aromatic carbocycles. The van der Waals surface area contributed by atoms with E-state index in [0.29, 0.717) is 13.0 Å². The van der Waals surface area contributed by atoms with Crippen molar-refractivity contribution in [2.45, 2.75) is 6.42 Å². The van der Waals surface area contributed by atoms with Gasteiger partial charge in [-0.25, -0.2) is 0 Å². The van der Waals surface area contributed by atoms with E-state index in [0.717, 1.165) is 16.6 Å². The van der Waals surface area contributed by atoms with Gasteiger partial charge in [-0.3, -0.25) is 4.79 Å². The third-order valence-corrected chi connectivity index (χ3v) is 2.17. The summed E-state index contributed by atoms with van der Waals surface area (Å²) in [5.41, 5.74) is 0.924. The molecule has 0 aliphatic rings. The molecule has 0 bridgehead atoms. The van der Waals surface area contributed by atoms with Crippen molar-refractivity contribution in [3.8, 4) is 5.75 Å². The van der Waals surface area contributed by atoms with Gasteiger partial charge in [0.25, 0.3) is 0 Å². The van der Waals surface area contributed by atoms with E-state index in [9.17, 15) is 4.79 Å². The van der Waals surface area contributed by atoms with E-state index in [1.54, 1.807) is 0 Å². The molecule has 15 heavy (non-hydrogen) atoms. The Morgan fingerprint density at radius 3 is 2.53 bits per heavy atom. The maximum Gasteiger partial charge on any atom is 0.309 e. The minimum absolute atomic E-state index is 0.232. The van der Waals surface area contributed by atoms with E-state index in [1.165, 1.54) is 7.11 Å². The van der Waals surface area contributed by atoms with E-state index in [2.05, 4.69) is 20.7 Å². The number of hydrogen-bond donors (Lipinski definition) is 0. The Hall–Kier alpha value is -1.03. The van der Waals surface area contributed by atoms with Crippen molar-refractivity contribution in [3.63, 3.8) is 0 Å². The lowest BCUT2D eigenvalue weighted by Crippen LogP contribution is -2.04. The average Bonchev–Trinajstić information content (AvgIpc) is 2.28. The van der Waals surface area contributed by atoms with Crippen LogP contribution < -0.4 is 4.74 Å². The largest absolute Gasteiger partial charge is 0.493 e. The van der Waals surface area contributed by atoms with E-state index >= 15 is 0 Å². The van der Waals surface area contributed by atoms with Crippen LogP contribution in [0.4, 0.5) is 0 Å². The van der Waals surface area contributed by atoms with Gasteiger partial charge in [0.2, 0.25) is 0 Å². The molecule has 0 fully saturated rings. The monoisotopic (exact) mass is 272 g/mol. The van der Waals surface area contributed by atoms with Crippen molar-refractivity contribution in [1.29, 1.82) is 0 Å². The third kappa shape index (κ3) is 4.34. The summed E-state index contributed by atoms with van der Waals surface area (Å²) in [5.74, 6) is 0.576. The van der Waals surface area contributed by atoms with Crippen LogP contribution in [-0.4, -0.2) is 25.0 Å². The summed E-state index contributed by atoms with van der Waals surface area (Å²) in [6, 6.07) is 7.42. The molecule has 0 N–H and O–H groups in total. The van der Waals surface area contributed by atoms with Gasteiger partial charge in [0.1, 0.15) is 5.75 Å². The van der Waals surface area contributed by atoms with Crippen LogP contribution in [0.3, 0.4) is 0 Å². The first-order chi connectivity index (χ1) is 7.26. The summed E-state index contributed by atoms with van der Waals surface area (Å²) in [6.45, 7) is 0.635. The van der Waals surface area contributed by atoms with Crippen LogP contribution in [0.15, 0.2) is 24.3 Å². The summed E-state index contributed by atoms with van der Waals surface area (Å²) in [6.07, 6.45) is 0.301. The van der Waals surface area contributed by atoms with Gasteiger partial charge in [0, 0.05) is 5.33 Å². The number of alkyl halides is 1. The topological polar surface area (TPSA) is 35.5 Å². The van der Waals surface area contributed by atoms with Crippen LogP contribution in [-0.2, 0) is 16.0 Å². The predicted octanol–water partition coefficient (Wildman–Crippen LogP) is 2.18. The molecule has 0 heterocycles. The summed E-state index contributed by atoms with van der Waals surface area (Å²) >= 11 is 3.28. The molecule has 0 spiro atoms. The second kappa shape index (κ2) is 6.45. The first kappa shape index (κ1) is 12.0. The quantitative estimate of drug-likeness (QED) is 0.609. The fraction of sp³-hybridized carbons (Fsp3) is 0.364. The molecule has 0 unspecified atom stereocenters. The first-order valence-corrected chi connectivity index (χ1v) is 5.73. The highest BCUT2D eigenvalue weighted by Gasteiger charge is 2.02. The molecule has 0 saturated carbocycles. The van der Waals surface area contributed by atoms with Crippen molar-refractivity contribution >= 4 is 21.9 Å². The van der Waals surface area contributed by atoms with Gasteiger partial charge in [0.15, 0.2) is 0 Å². The maximum atomic E-state index is 11.0. The van der Waals surface area contributed by atoms with Gasteiger partial charge >= 0.3 is 5.97 Å². The molecule has 0 atom stereocenters. The number of carbonyl (C=O) groups is 1. The number of halogens is 1. The molecular formula is C11H13BrO3. The van der Waals surface area contributed by atoms with Gasteiger partial charge in [-0.1, -0.05) is 28.1 Å². The molecule has 0 amide bonds. The van der Waals surface area contributed by atoms with E-state index in [-0.39, 0.29) is 5.97 Å². The number of rotatable bonds is 5. The SMILES string of the molecule is COC(=O)Cc1ccc(OCCBr)cc1. The lowest BCUT2D eigenvalue weighted by atomic mass is 10.1. The summed E-state index contributed by atoms with van der Waals surface area (Å²) in [5, 5.41) is 0.802. The van der Waals surface area contributed by atoms with Gasteiger partial charge in [-0.15, -0.1) is 0 Å². The molecular weight excluding hydrogens is 260 g/mol. The van der Waals surface area contributed by atoms with Crippen molar-refractivity contribution in [1.82, 2.24) is 0 Å². The summed E-state index contributed by atoms with van der Waals surface area (Å²) in [7, 11) is 1.38. The van der Waals surface area contributed by atoms with E-state index in [1.807, 2.05) is 24.3 Å². The highest BCUT2D eigenvalue weighted by atomic mass is 79.9.